The number of nitrogens with one attached hydrogen (secondary N) is 1. The number of hydrogen-bond acceptors (Lipinski definition) is 3. The van der Waals surface area contributed by atoms with Gasteiger partial charge in [0.2, 0.25) is 10.0 Å². The fourth-order valence-electron chi connectivity index (χ4n) is 1.93. The molecule has 1 aromatic carbocycles. The molecule has 0 aliphatic carbocycles. The first-order chi connectivity index (χ1) is 9.59. The Hall–Kier alpha value is -1.12. The highest BCUT2D eigenvalue weighted by atomic mass is 32.2. The van der Waals surface area contributed by atoms with Crippen molar-refractivity contribution in [3.8, 4) is 0 Å². The molecule has 4 nitrogen and oxygen atoms in total. The summed E-state index contributed by atoms with van der Waals surface area (Å²) < 4.78 is 64.6. The van der Waals surface area contributed by atoms with E-state index in [0.29, 0.717) is 12.8 Å². The van der Waals surface area contributed by atoms with Gasteiger partial charge in [0.1, 0.15) is 0 Å². The summed E-state index contributed by atoms with van der Waals surface area (Å²) in [5, 5.41) is 9.51. The molecular formula is C13H18F3NO3S. The molecule has 0 fully saturated rings. The van der Waals surface area contributed by atoms with E-state index < -0.39 is 32.8 Å². The summed E-state index contributed by atoms with van der Waals surface area (Å²) in [6.45, 7) is 2.71. The molecule has 1 unspecified atom stereocenters. The van der Waals surface area contributed by atoms with Crippen LogP contribution in [0.2, 0.25) is 0 Å². The van der Waals surface area contributed by atoms with E-state index in [9.17, 15) is 26.7 Å². The van der Waals surface area contributed by atoms with Gasteiger partial charge in [-0.3, -0.25) is 0 Å². The lowest BCUT2D eigenvalue weighted by atomic mass is 10.1. The smallest absolute Gasteiger partial charge is 0.392 e. The lowest BCUT2D eigenvalue weighted by Crippen LogP contribution is -2.32. The van der Waals surface area contributed by atoms with Gasteiger partial charge in [0.15, 0.2) is 0 Å². The zero-order chi connectivity index (χ0) is 16.3. The molecule has 0 bridgehead atoms. The maximum atomic E-state index is 12.8. The van der Waals surface area contributed by atoms with E-state index in [4.69, 9.17) is 0 Å². The fraction of sp³-hybridized carbons (Fsp3) is 0.538. The number of aliphatic hydroxyl groups is 1. The number of benzene rings is 1. The van der Waals surface area contributed by atoms with Crippen LogP contribution in [0.3, 0.4) is 0 Å². The number of sulfonamides is 1. The molecular weight excluding hydrogens is 307 g/mol. The zero-order valence-electron chi connectivity index (χ0n) is 11.7. The third-order valence-corrected chi connectivity index (χ3v) is 4.58. The fourth-order valence-corrected chi connectivity index (χ4v) is 3.27. The number of halogens is 3. The number of hydrogen-bond donors (Lipinski definition) is 2. The van der Waals surface area contributed by atoms with Crippen LogP contribution in [0.15, 0.2) is 23.1 Å². The van der Waals surface area contributed by atoms with Crippen molar-refractivity contribution in [3.05, 3.63) is 29.3 Å². The first-order valence-corrected chi connectivity index (χ1v) is 7.92. The number of aliphatic hydroxyl groups excluding tert-OH is 1. The van der Waals surface area contributed by atoms with Crippen molar-refractivity contribution in [2.45, 2.75) is 43.9 Å². The maximum absolute atomic E-state index is 12.8. The van der Waals surface area contributed by atoms with Gasteiger partial charge in [-0.2, -0.15) is 13.2 Å². The van der Waals surface area contributed by atoms with Gasteiger partial charge in [0, 0.05) is 6.54 Å². The Morgan fingerprint density at radius 1 is 1.33 bits per heavy atom. The van der Waals surface area contributed by atoms with Gasteiger partial charge in [-0.05, 0) is 31.0 Å². The van der Waals surface area contributed by atoms with Gasteiger partial charge >= 0.3 is 6.18 Å². The summed E-state index contributed by atoms with van der Waals surface area (Å²) in [7, 11) is -4.10. The van der Waals surface area contributed by atoms with Gasteiger partial charge < -0.3 is 5.11 Å². The minimum atomic E-state index is -4.61. The van der Waals surface area contributed by atoms with E-state index in [1.54, 1.807) is 0 Å². The minimum Gasteiger partial charge on any atom is -0.392 e. The SMILES string of the molecule is CCCC(O)CNS(=O)(=O)c1cccc(C(F)(F)F)c1C. The Morgan fingerprint density at radius 2 is 1.95 bits per heavy atom. The summed E-state index contributed by atoms with van der Waals surface area (Å²) in [5.41, 5.74) is -1.35. The Morgan fingerprint density at radius 3 is 2.48 bits per heavy atom. The standard InChI is InChI=1S/C13H18F3NO3S/c1-3-5-10(18)8-17-21(19,20)12-7-4-6-11(9(12)2)13(14,15)16/h4,6-7,10,17-18H,3,5,8H2,1-2H3. The lowest BCUT2D eigenvalue weighted by molar-refractivity contribution is -0.138. The molecule has 0 spiro atoms. The lowest BCUT2D eigenvalue weighted by Gasteiger charge is -2.16. The molecule has 0 heterocycles. The van der Waals surface area contributed by atoms with Crippen LogP contribution in [-0.4, -0.2) is 26.2 Å². The first-order valence-electron chi connectivity index (χ1n) is 6.44. The Balaban J connectivity index is 3.05. The van der Waals surface area contributed by atoms with Crippen LogP contribution in [0.25, 0.3) is 0 Å². The molecule has 0 saturated carbocycles. The van der Waals surface area contributed by atoms with Crippen molar-refractivity contribution in [3.63, 3.8) is 0 Å². The summed E-state index contributed by atoms with van der Waals surface area (Å²) in [6.07, 6.45) is -4.40. The second kappa shape index (κ2) is 6.76. The number of alkyl halides is 3. The Kier molecular flexibility index (Phi) is 5.77. The summed E-state index contributed by atoms with van der Waals surface area (Å²) in [5.74, 6) is 0. The van der Waals surface area contributed by atoms with E-state index in [1.807, 2.05) is 6.92 Å². The summed E-state index contributed by atoms with van der Waals surface area (Å²) in [4.78, 5) is -0.430. The summed E-state index contributed by atoms with van der Waals surface area (Å²) >= 11 is 0. The van der Waals surface area contributed by atoms with Crippen LogP contribution < -0.4 is 4.72 Å². The zero-order valence-corrected chi connectivity index (χ0v) is 12.6. The molecule has 1 rings (SSSR count). The van der Waals surface area contributed by atoms with Crippen molar-refractivity contribution in [2.24, 2.45) is 0 Å². The van der Waals surface area contributed by atoms with Crippen molar-refractivity contribution in [1.29, 1.82) is 0 Å². The molecule has 21 heavy (non-hydrogen) atoms. The van der Waals surface area contributed by atoms with E-state index in [1.165, 1.54) is 0 Å². The molecule has 2 N–H and O–H groups in total. The molecule has 1 atom stereocenters. The molecule has 0 radical (unpaired) electrons. The highest BCUT2D eigenvalue weighted by molar-refractivity contribution is 7.89. The van der Waals surface area contributed by atoms with Gasteiger partial charge in [0.05, 0.1) is 16.6 Å². The predicted molar refractivity (Wildman–Crippen MR) is 72.3 cm³/mol. The molecule has 120 valence electrons. The van der Waals surface area contributed by atoms with Crippen molar-refractivity contribution in [2.75, 3.05) is 6.54 Å². The minimum absolute atomic E-state index is 0.230. The molecule has 0 saturated heterocycles. The van der Waals surface area contributed by atoms with Crippen LogP contribution in [0.4, 0.5) is 13.2 Å². The van der Waals surface area contributed by atoms with E-state index in [2.05, 4.69) is 4.72 Å². The van der Waals surface area contributed by atoms with Gasteiger partial charge in [0.25, 0.3) is 0 Å². The number of rotatable bonds is 6. The average Bonchev–Trinajstić information content (AvgIpc) is 2.35. The average molecular weight is 325 g/mol. The van der Waals surface area contributed by atoms with Gasteiger partial charge in [-0.1, -0.05) is 19.4 Å². The molecule has 0 aliphatic rings. The Bertz CT molecular complexity index is 585. The molecule has 0 aliphatic heterocycles. The monoisotopic (exact) mass is 325 g/mol. The Labute approximate surface area is 122 Å². The third kappa shape index (κ3) is 4.69. The second-order valence-corrected chi connectivity index (χ2v) is 6.46. The van der Waals surface area contributed by atoms with Crippen molar-refractivity contribution >= 4 is 10.0 Å². The second-order valence-electron chi connectivity index (χ2n) is 4.72. The highest BCUT2D eigenvalue weighted by Gasteiger charge is 2.34. The van der Waals surface area contributed by atoms with E-state index in [0.717, 1.165) is 25.1 Å². The third-order valence-electron chi connectivity index (χ3n) is 3.01. The first kappa shape index (κ1) is 17.9. The molecule has 0 aromatic heterocycles. The van der Waals surface area contributed by atoms with Crippen LogP contribution >= 0.6 is 0 Å². The van der Waals surface area contributed by atoms with Gasteiger partial charge in [-0.15, -0.1) is 0 Å². The van der Waals surface area contributed by atoms with Crippen LogP contribution in [0.5, 0.6) is 0 Å². The van der Waals surface area contributed by atoms with E-state index in [-0.39, 0.29) is 12.1 Å². The van der Waals surface area contributed by atoms with E-state index >= 15 is 0 Å². The molecule has 0 amide bonds. The predicted octanol–water partition coefficient (Wildman–Crippen LogP) is 2.45. The van der Waals surface area contributed by atoms with Crippen LogP contribution in [-0.2, 0) is 16.2 Å². The molecule has 8 heteroatoms. The van der Waals surface area contributed by atoms with Gasteiger partial charge in [-0.25, -0.2) is 13.1 Å². The largest absolute Gasteiger partial charge is 0.416 e. The van der Waals surface area contributed by atoms with Crippen LogP contribution in [0.1, 0.15) is 30.9 Å². The van der Waals surface area contributed by atoms with Crippen molar-refractivity contribution < 1.29 is 26.7 Å². The van der Waals surface area contributed by atoms with Crippen molar-refractivity contribution in [1.82, 2.24) is 4.72 Å². The molecule has 1 aromatic rings. The topological polar surface area (TPSA) is 66.4 Å². The van der Waals surface area contributed by atoms with Crippen LogP contribution in [0, 0.1) is 6.92 Å². The maximum Gasteiger partial charge on any atom is 0.416 e. The summed E-state index contributed by atoms with van der Waals surface area (Å²) in [6, 6.07) is 2.99. The highest BCUT2D eigenvalue weighted by Crippen LogP contribution is 2.34. The quantitative estimate of drug-likeness (QED) is 0.844. The normalized spacial score (nSPS) is 14.2.